The number of amides is 1. The Labute approximate surface area is 119 Å². The van der Waals surface area contributed by atoms with E-state index < -0.39 is 0 Å². The molecule has 0 fully saturated rings. The summed E-state index contributed by atoms with van der Waals surface area (Å²) in [6, 6.07) is 12.8. The van der Waals surface area contributed by atoms with E-state index in [1.54, 1.807) is 23.1 Å². The lowest BCUT2D eigenvalue weighted by atomic mass is 10.1. The Balaban J connectivity index is 2.38. The number of hydrogen-bond acceptors (Lipinski definition) is 3. The van der Waals surface area contributed by atoms with E-state index >= 15 is 0 Å². The normalized spacial score (nSPS) is 10.3. The van der Waals surface area contributed by atoms with Crippen molar-refractivity contribution in [2.75, 3.05) is 22.9 Å². The summed E-state index contributed by atoms with van der Waals surface area (Å²) in [5.74, 6) is -0.0999. The average Bonchev–Trinajstić information content (AvgIpc) is 2.38. The average molecular weight is 269 g/mol. The minimum absolute atomic E-state index is 0.0999. The van der Waals surface area contributed by atoms with Crippen LogP contribution in [0.4, 0.5) is 17.1 Å². The quantitative estimate of drug-likeness (QED) is 0.841. The van der Waals surface area contributed by atoms with Crippen molar-refractivity contribution in [1.82, 2.24) is 0 Å². The Morgan fingerprint density at radius 2 is 1.75 bits per heavy atom. The molecule has 0 aromatic heterocycles. The number of hydrogen-bond donors (Lipinski definition) is 2. The predicted octanol–water partition coefficient (Wildman–Crippen LogP) is 2.83. The highest BCUT2D eigenvalue weighted by Gasteiger charge is 2.16. The van der Waals surface area contributed by atoms with E-state index in [-0.39, 0.29) is 5.91 Å². The molecule has 0 saturated carbocycles. The first kappa shape index (κ1) is 13.9. The lowest BCUT2D eigenvalue weighted by molar-refractivity contribution is 0.0988. The SMILES string of the molecule is CCN(C(=O)c1cc(N)cc(N)c1)c1cccc(C)c1. The number of rotatable bonds is 3. The van der Waals surface area contributed by atoms with Crippen LogP contribution >= 0.6 is 0 Å². The Bertz CT molecular complexity index is 617. The van der Waals surface area contributed by atoms with Gasteiger partial charge in [-0.1, -0.05) is 12.1 Å². The Morgan fingerprint density at radius 3 is 2.30 bits per heavy atom. The van der Waals surface area contributed by atoms with Crippen molar-refractivity contribution in [2.45, 2.75) is 13.8 Å². The second-order valence-electron chi connectivity index (χ2n) is 4.78. The summed E-state index contributed by atoms with van der Waals surface area (Å²) in [7, 11) is 0. The van der Waals surface area contributed by atoms with Crippen LogP contribution < -0.4 is 16.4 Å². The van der Waals surface area contributed by atoms with Crippen molar-refractivity contribution < 1.29 is 4.79 Å². The highest BCUT2D eigenvalue weighted by Crippen LogP contribution is 2.21. The minimum Gasteiger partial charge on any atom is -0.399 e. The molecule has 0 unspecified atom stereocenters. The zero-order chi connectivity index (χ0) is 14.7. The fourth-order valence-corrected chi connectivity index (χ4v) is 2.20. The van der Waals surface area contributed by atoms with Gasteiger partial charge in [0, 0.05) is 29.2 Å². The third-order valence-electron chi connectivity index (χ3n) is 3.10. The van der Waals surface area contributed by atoms with Gasteiger partial charge in [-0.2, -0.15) is 0 Å². The van der Waals surface area contributed by atoms with Crippen molar-refractivity contribution in [3.8, 4) is 0 Å². The summed E-state index contributed by atoms with van der Waals surface area (Å²) in [4.78, 5) is 14.3. The molecule has 0 bridgehead atoms. The van der Waals surface area contributed by atoms with Crippen LogP contribution in [-0.4, -0.2) is 12.5 Å². The molecular formula is C16H19N3O. The van der Waals surface area contributed by atoms with E-state index in [0.717, 1.165) is 11.3 Å². The molecule has 2 aromatic carbocycles. The molecule has 0 spiro atoms. The maximum atomic E-state index is 12.6. The van der Waals surface area contributed by atoms with Crippen molar-refractivity contribution in [2.24, 2.45) is 0 Å². The third-order valence-corrected chi connectivity index (χ3v) is 3.10. The standard InChI is InChI=1S/C16H19N3O/c1-3-19(15-6-4-5-11(2)7-15)16(20)12-8-13(17)10-14(18)9-12/h4-10H,3,17-18H2,1-2H3. The van der Waals surface area contributed by atoms with E-state index in [1.807, 2.05) is 38.1 Å². The van der Waals surface area contributed by atoms with Gasteiger partial charge < -0.3 is 16.4 Å². The molecule has 4 heteroatoms. The second kappa shape index (κ2) is 5.65. The van der Waals surface area contributed by atoms with Gasteiger partial charge >= 0.3 is 0 Å². The summed E-state index contributed by atoms with van der Waals surface area (Å²) in [5.41, 5.74) is 15.0. The van der Waals surface area contributed by atoms with Gasteiger partial charge in [-0.15, -0.1) is 0 Å². The topological polar surface area (TPSA) is 72.3 Å². The van der Waals surface area contributed by atoms with E-state index in [0.29, 0.717) is 23.5 Å². The fraction of sp³-hybridized carbons (Fsp3) is 0.188. The van der Waals surface area contributed by atoms with Gasteiger partial charge in [0.25, 0.3) is 5.91 Å². The maximum Gasteiger partial charge on any atom is 0.258 e. The van der Waals surface area contributed by atoms with E-state index in [4.69, 9.17) is 11.5 Å². The monoisotopic (exact) mass is 269 g/mol. The van der Waals surface area contributed by atoms with Crippen molar-refractivity contribution in [3.05, 3.63) is 53.6 Å². The molecule has 2 aromatic rings. The number of anilines is 3. The molecule has 104 valence electrons. The molecule has 4 nitrogen and oxygen atoms in total. The van der Waals surface area contributed by atoms with E-state index in [9.17, 15) is 4.79 Å². The fourth-order valence-electron chi connectivity index (χ4n) is 2.20. The lowest BCUT2D eigenvalue weighted by Gasteiger charge is -2.22. The van der Waals surface area contributed by atoms with Crippen LogP contribution in [0.15, 0.2) is 42.5 Å². The van der Waals surface area contributed by atoms with E-state index in [1.165, 1.54) is 0 Å². The Morgan fingerprint density at radius 1 is 1.10 bits per heavy atom. The molecule has 0 heterocycles. The highest BCUT2D eigenvalue weighted by molar-refractivity contribution is 6.07. The summed E-state index contributed by atoms with van der Waals surface area (Å²) in [5, 5.41) is 0. The molecule has 1 amide bonds. The van der Waals surface area contributed by atoms with Gasteiger partial charge in [0.2, 0.25) is 0 Å². The van der Waals surface area contributed by atoms with Gasteiger partial charge in [-0.3, -0.25) is 4.79 Å². The van der Waals surface area contributed by atoms with Gasteiger partial charge in [0.15, 0.2) is 0 Å². The number of nitrogen functional groups attached to an aromatic ring is 2. The van der Waals surface area contributed by atoms with Crippen LogP contribution in [0.5, 0.6) is 0 Å². The summed E-state index contributed by atoms with van der Waals surface area (Å²) in [6.07, 6.45) is 0. The molecule has 0 aliphatic heterocycles. The smallest absolute Gasteiger partial charge is 0.258 e. The third kappa shape index (κ3) is 2.91. The number of carbonyl (C=O) groups excluding carboxylic acids is 1. The van der Waals surface area contributed by atoms with Crippen LogP contribution in [0.3, 0.4) is 0 Å². The van der Waals surface area contributed by atoms with Crippen LogP contribution in [0.25, 0.3) is 0 Å². The summed E-state index contributed by atoms with van der Waals surface area (Å²) < 4.78 is 0. The van der Waals surface area contributed by atoms with E-state index in [2.05, 4.69) is 0 Å². The number of carbonyl (C=O) groups is 1. The minimum atomic E-state index is -0.0999. The van der Waals surface area contributed by atoms with Crippen molar-refractivity contribution in [3.63, 3.8) is 0 Å². The lowest BCUT2D eigenvalue weighted by Crippen LogP contribution is -2.30. The van der Waals surface area contributed by atoms with Crippen molar-refractivity contribution >= 4 is 23.0 Å². The molecule has 0 aliphatic rings. The Kier molecular flexibility index (Phi) is 3.94. The molecule has 4 N–H and O–H groups in total. The first-order chi connectivity index (χ1) is 9.51. The number of nitrogens with zero attached hydrogens (tertiary/aromatic N) is 1. The number of aryl methyl sites for hydroxylation is 1. The highest BCUT2D eigenvalue weighted by atomic mass is 16.2. The molecule has 2 rings (SSSR count). The first-order valence-corrected chi connectivity index (χ1v) is 6.56. The summed E-state index contributed by atoms with van der Waals surface area (Å²) in [6.45, 7) is 4.52. The zero-order valence-electron chi connectivity index (χ0n) is 11.8. The van der Waals surface area contributed by atoms with Crippen LogP contribution in [0, 0.1) is 6.92 Å². The molecule has 20 heavy (non-hydrogen) atoms. The second-order valence-corrected chi connectivity index (χ2v) is 4.78. The van der Waals surface area contributed by atoms with Gasteiger partial charge in [0.05, 0.1) is 0 Å². The molecular weight excluding hydrogens is 250 g/mol. The molecule has 0 radical (unpaired) electrons. The number of benzene rings is 2. The van der Waals surface area contributed by atoms with Crippen LogP contribution in [0.2, 0.25) is 0 Å². The van der Waals surface area contributed by atoms with Gasteiger partial charge in [-0.05, 0) is 49.7 Å². The van der Waals surface area contributed by atoms with Crippen molar-refractivity contribution in [1.29, 1.82) is 0 Å². The molecule has 0 aliphatic carbocycles. The zero-order valence-corrected chi connectivity index (χ0v) is 11.8. The number of nitrogens with two attached hydrogens (primary N) is 2. The Hall–Kier alpha value is -2.49. The largest absolute Gasteiger partial charge is 0.399 e. The maximum absolute atomic E-state index is 12.6. The summed E-state index contributed by atoms with van der Waals surface area (Å²) >= 11 is 0. The molecule has 0 atom stereocenters. The first-order valence-electron chi connectivity index (χ1n) is 6.56. The van der Waals surface area contributed by atoms with Gasteiger partial charge in [0.1, 0.15) is 0 Å². The van der Waals surface area contributed by atoms with Crippen LogP contribution in [-0.2, 0) is 0 Å². The van der Waals surface area contributed by atoms with Gasteiger partial charge in [-0.25, -0.2) is 0 Å². The predicted molar refractivity (Wildman–Crippen MR) is 83.8 cm³/mol. The molecule has 0 saturated heterocycles. The van der Waals surface area contributed by atoms with Crippen LogP contribution in [0.1, 0.15) is 22.8 Å².